The zero-order valence-electron chi connectivity index (χ0n) is 16.8. The second kappa shape index (κ2) is 10.3. The number of guanidine groups is 1. The maximum absolute atomic E-state index is 5.75. The maximum atomic E-state index is 5.75. The van der Waals surface area contributed by atoms with Crippen LogP contribution in [0, 0.1) is 6.92 Å². The lowest BCUT2D eigenvalue weighted by molar-refractivity contribution is 0.336. The molecular weight excluding hydrogens is 465 g/mol. The summed E-state index contributed by atoms with van der Waals surface area (Å²) in [5, 5.41) is 6.68. The summed E-state index contributed by atoms with van der Waals surface area (Å²) < 4.78 is 7.85. The van der Waals surface area contributed by atoms with Crippen molar-refractivity contribution >= 4 is 41.0 Å². The average molecular weight is 493 g/mol. The van der Waals surface area contributed by atoms with Gasteiger partial charge >= 0.3 is 0 Å². The van der Waals surface area contributed by atoms with Crippen LogP contribution in [0.3, 0.4) is 0 Å². The summed E-state index contributed by atoms with van der Waals surface area (Å²) in [6.45, 7) is 5.94. The fourth-order valence-electron chi connectivity index (χ4n) is 3.01. The topological polar surface area (TPSA) is 63.5 Å². The number of aromatic nitrogens is 2. The third kappa shape index (κ3) is 5.15. The minimum Gasteiger partial charge on any atom is -0.494 e. The number of ether oxygens (including phenoxy) is 1. The molecular formula is C21H28IN5O. The Morgan fingerprint density at radius 3 is 2.61 bits per heavy atom. The predicted octanol–water partition coefficient (Wildman–Crippen LogP) is 3.76. The summed E-state index contributed by atoms with van der Waals surface area (Å²) in [4.78, 5) is 8.99. The summed E-state index contributed by atoms with van der Waals surface area (Å²) >= 11 is 0. The first-order chi connectivity index (χ1) is 13.1. The van der Waals surface area contributed by atoms with Crippen molar-refractivity contribution in [1.82, 2.24) is 20.2 Å². The van der Waals surface area contributed by atoms with Crippen molar-refractivity contribution in [2.24, 2.45) is 12.0 Å². The van der Waals surface area contributed by atoms with Gasteiger partial charge in [0.25, 0.3) is 0 Å². The van der Waals surface area contributed by atoms with Crippen molar-refractivity contribution in [2.75, 3.05) is 13.7 Å². The van der Waals surface area contributed by atoms with Gasteiger partial charge in [-0.2, -0.15) is 0 Å². The highest BCUT2D eigenvalue weighted by Gasteiger charge is 2.09. The van der Waals surface area contributed by atoms with Gasteiger partial charge in [0.2, 0.25) is 0 Å². The van der Waals surface area contributed by atoms with Gasteiger partial charge in [-0.05, 0) is 37.6 Å². The van der Waals surface area contributed by atoms with E-state index in [0.29, 0.717) is 19.7 Å². The van der Waals surface area contributed by atoms with Crippen molar-refractivity contribution in [3.05, 3.63) is 59.4 Å². The first-order valence-electron chi connectivity index (χ1n) is 9.19. The van der Waals surface area contributed by atoms with E-state index in [4.69, 9.17) is 4.74 Å². The summed E-state index contributed by atoms with van der Waals surface area (Å²) in [6.07, 6.45) is 0. The van der Waals surface area contributed by atoms with Gasteiger partial charge in [0.1, 0.15) is 11.6 Å². The van der Waals surface area contributed by atoms with Gasteiger partial charge in [-0.15, -0.1) is 24.0 Å². The first kappa shape index (κ1) is 22.0. The molecule has 2 aromatic carbocycles. The zero-order chi connectivity index (χ0) is 19.2. The number of imidazole rings is 1. The van der Waals surface area contributed by atoms with Crippen molar-refractivity contribution in [1.29, 1.82) is 0 Å². The molecule has 0 fully saturated rings. The minimum absolute atomic E-state index is 0. The standard InChI is InChI=1S/C21H27N5O.HI/c1-5-27-19-12-15(2)10-11-16(19)13-23-21(22-3)24-14-20-25-17-8-6-7-9-18(17)26(20)4;/h6-12H,5,13-14H2,1-4H3,(H2,22,23,24);1H. The molecule has 0 aliphatic carbocycles. The van der Waals surface area contributed by atoms with E-state index in [1.54, 1.807) is 7.05 Å². The normalized spacial score (nSPS) is 11.2. The maximum Gasteiger partial charge on any atom is 0.191 e. The van der Waals surface area contributed by atoms with Crippen LogP contribution in [0.1, 0.15) is 23.9 Å². The Hall–Kier alpha value is -2.29. The lowest BCUT2D eigenvalue weighted by atomic mass is 10.1. The highest BCUT2D eigenvalue weighted by atomic mass is 127. The number of hydrogen-bond acceptors (Lipinski definition) is 3. The molecule has 150 valence electrons. The van der Waals surface area contributed by atoms with E-state index in [0.717, 1.165) is 34.1 Å². The Labute approximate surface area is 183 Å². The molecule has 3 aromatic rings. The molecule has 0 amide bonds. The van der Waals surface area contributed by atoms with Crippen LogP contribution in [-0.2, 0) is 20.1 Å². The van der Waals surface area contributed by atoms with Crippen LogP contribution >= 0.6 is 24.0 Å². The molecule has 28 heavy (non-hydrogen) atoms. The van der Waals surface area contributed by atoms with Gasteiger partial charge in [0.05, 0.1) is 24.2 Å². The minimum atomic E-state index is 0. The molecule has 0 radical (unpaired) electrons. The predicted molar refractivity (Wildman–Crippen MR) is 126 cm³/mol. The highest BCUT2D eigenvalue weighted by molar-refractivity contribution is 14.0. The molecule has 0 saturated heterocycles. The Morgan fingerprint density at radius 1 is 1.14 bits per heavy atom. The van der Waals surface area contributed by atoms with Gasteiger partial charge in [0, 0.05) is 26.2 Å². The Kier molecular flexibility index (Phi) is 8.10. The van der Waals surface area contributed by atoms with Crippen LogP contribution in [0.25, 0.3) is 11.0 Å². The number of fused-ring (bicyclic) bond motifs is 1. The summed E-state index contributed by atoms with van der Waals surface area (Å²) in [5.74, 6) is 2.60. The van der Waals surface area contributed by atoms with E-state index in [9.17, 15) is 0 Å². The number of aryl methyl sites for hydroxylation is 2. The van der Waals surface area contributed by atoms with Crippen LogP contribution < -0.4 is 15.4 Å². The van der Waals surface area contributed by atoms with E-state index in [1.165, 1.54) is 5.56 Å². The van der Waals surface area contributed by atoms with Gasteiger partial charge < -0.3 is 19.9 Å². The fourth-order valence-corrected chi connectivity index (χ4v) is 3.01. The smallest absolute Gasteiger partial charge is 0.191 e. The van der Waals surface area contributed by atoms with E-state index in [2.05, 4.69) is 56.4 Å². The quantitative estimate of drug-likeness (QED) is 0.312. The van der Waals surface area contributed by atoms with Gasteiger partial charge in [-0.1, -0.05) is 24.3 Å². The number of halogens is 1. The number of para-hydroxylation sites is 2. The molecule has 0 bridgehead atoms. The van der Waals surface area contributed by atoms with E-state index in [1.807, 2.05) is 32.2 Å². The molecule has 0 unspecified atom stereocenters. The number of aliphatic imine (C=N–C) groups is 1. The molecule has 0 spiro atoms. The molecule has 0 atom stereocenters. The first-order valence-corrected chi connectivity index (χ1v) is 9.19. The summed E-state index contributed by atoms with van der Waals surface area (Å²) in [7, 11) is 3.80. The number of nitrogens with zero attached hydrogens (tertiary/aromatic N) is 3. The van der Waals surface area contributed by atoms with Crippen LogP contribution in [0.5, 0.6) is 5.75 Å². The van der Waals surface area contributed by atoms with E-state index < -0.39 is 0 Å². The van der Waals surface area contributed by atoms with Crippen LogP contribution in [0.2, 0.25) is 0 Å². The lowest BCUT2D eigenvalue weighted by Gasteiger charge is -2.15. The molecule has 1 aromatic heterocycles. The molecule has 1 heterocycles. The molecule has 0 aliphatic heterocycles. The van der Waals surface area contributed by atoms with E-state index in [-0.39, 0.29) is 24.0 Å². The third-order valence-corrected chi connectivity index (χ3v) is 4.49. The Balaban J connectivity index is 0.00000280. The second-order valence-electron chi connectivity index (χ2n) is 6.40. The van der Waals surface area contributed by atoms with Gasteiger partial charge in [-0.3, -0.25) is 4.99 Å². The molecule has 0 aliphatic rings. The average Bonchev–Trinajstić information content (AvgIpc) is 3.00. The second-order valence-corrected chi connectivity index (χ2v) is 6.40. The molecule has 3 rings (SSSR count). The zero-order valence-corrected chi connectivity index (χ0v) is 19.2. The third-order valence-electron chi connectivity index (χ3n) is 4.49. The van der Waals surface area contributed by atoms with Crippen molar-refractivity contribution in [3.8, 4) is 5.75 Å². The molecule has 6 nitrogen and oxygen atoms in total. The summed E-state index contributed by atoms with van der Waals surface area (Å²) in [5.41, 5.74) is 4.42. The number of nitrogens with one attached hydrogen (secondary N) is 2. The highest BCUT2D eigenvalue weighted by Crippen LogP contribution is 2.20. The van der Waals surface area contributed by atoms with Gasteiger partial charge in [0.15, 0.2) is 5.96 Å². The van der Waals surface area contributed by atoms with Gasteiger partial charge in [-0.25, -0.2) is 4.98 Å². The SMILES string of the molecule is CCOc1cc(C)ccc1CNC(=NC)NCc1nc2ccccc2n1C.I. The Morgan fingerprint density at radius 2 is 1.89 bits per heavy atom. The lowest BCUT2D eigenvalue weighted by Crippen LogP contribution is -2.37. The van der Waals surface area contributed by atoms with Crippen molar-refractivity contribution in [3.63, 3.8) is 0 Å². The molecule has 0 saturated carbocycles. The Bertz CT molecular complexity index is 951. The monoisotopic (exact) mass is 493 g/mol. The fraction of sp³-hybridized carbons (Fsp3) is 0.333. The molecule has 7 heteroatoms. The number of hydrogen-bond donors (Lipinski definition) is 2. The largest absolute Gasteiger partial charge is 0.494 e. The van der Waals surface area contributed by atoms with E-state index >= 15 is 0 Å². The number of benzene rings is 2. The van der Waals surface area contributed by atoms with Crippen molar-refractivity contribution in [2.45, 2.75) is 26.9 Å². The molecule has 2 N–H and O–H groups in total. The summed E-state index contributed by atoms with van der Waals surface area (Å²) in [6, 6.07) is 14.4. The number of rotatable bonds is 6. The van der Waals surface area contributed by atoms with Crippen LogP contribution in [0.15, 0.2) is 47.5 Å². The van der Waals surface area contributed by atoms with Crippen molar-refractivity contribution < 1.29 is 4.74 Å². The van der Waals surface area contributed by atoms with Crippen LogP contribution in [0.4, 0.5) is 0 Å². The van der Waals surface area contributed by atoms with Crippen LogP contribution in [-0.4, -0.2) is 29.2 Å².